The van der Waals surface area contributed by atoms with Gasteiger partial charge in [0, 0.05) is 23.7 Å². The van der Waals surface area contributed by atoms with Gasteiger partial charge in [-0.1, -0.05) is 51.4 Å². The monoisotopic (exact) mass is 377 g/mol. The van der Waals surface area contributed by atoms with E-state index in [0.29, 0.717) is 12.2 Å². The van der Waals surface area contributed by atoms with Crippen molar-refractivity contribution < 1.29 is 8.78 Å². The molecule has 25 heavy (non-hydrogen) atoms. The molecule has 5 heteroatoms. The van der Waals surface area contributed by atoms with E-state index >= 15 is 0 Å². The second-order valence-electron chi connectivity index (χ2n) is 5.88. The third-order valence-corrected chi connectivity index (χ3v) is 5.71. The van der Waals surface area contributed by atoms with Crippen LogP contribution in [0.4, 0.5) is 8.78 Å². The Kier molecular flexibility index (Phi) is 5.56. The minimum Gasteiger partial charge on any atom is -0.380 e. The molecule has 2 aromatic rings. The zero-order valence-electron chi connectivity index (χ0n) is 14.1. The Balaban J connectivity index is 2.16. The molecule has 0 aromatic heterocycles. The van der Waals surface area contributed by atoms with Gasteiger partial charge in [-0.3, -0.25) is 0 Å². The van der Waals surface area contributed by atoms with Crippen LogP contribution in [0.25, 0.3) is 11.3 Å². The van der Waals surface area contributed by atoms with Gasteiger partial charge in [-0.2, -0.15) is 0 Å². The van der Waals surface area contributed by atoms with Crippen molar-refractivity contribution in [3.05, 3.63) is 75.8 Å². The standard InChI is InChI=1S/C20H19ClF2NP/c1-3-25-19-9-13(7-6-12(19)2)14-5-4-8-24-20(14)15-10-16(21)18(23)11-17(15)22/h4-7,9-11,24-25H,3,8H2,1-2H3. The Morgan fingerprint density at radius 3 is 2.72 bits per heavy atom. The maximum absolute atomic E-state index is 14.4. The highest BCUT2D eigenvalue weighted by atomic mass is 35.5. The molecule has 0 saturated carbocycles. The number of rotatable bonds is 4. The lowest BCUT2D eigenvalue weighted by molar-refractivity contribution is 0.580. The number of hydrogen-bond donors (Lipinski definition) is 1. The average molecular weight is 378 g/mol. The molecule has 1 N–H and O–H groups in total. The van der Waals surface area contributed by atoms with Crippen molar-refractivity contribution in [1.82, 2.24) is 5.32 Å². The summed E-state index contributed by atoms with van der Waals surface area (Å²) in [6, 6.07) is 8.47. The summed E-state index contributed by atoms with van der Waals surface area (Å²) in [5.41, 5.74) is 4.08. The van der Waals surface area contributed by atoms with E-state index in [1.165, 1.54) is 16.9 Å². The van der Waals surface area contributed by atoms with Crippen molar-refractivity contribution in [2.45, 2.75) is 13.8 Å². The first-order valence-corrected chi connectivity index (χ1v) is 9.74. The highest BCUT2D eigenvalue weighted by Crippen LogP contribution is 2.32. The summed E-state index contributed by atoms with van der Waals surface area (Å²) in [6.45, 7) is 4.85. The highest BCUT2D eigenvalue weighted by Gasteiger charge is 2.18. The van der Waals surface area contributed by atoms with Gasteiger partial charge in [-0.05, 0) is 41.6 Å². The molecule has 1 atom stereocenters. The van der Waals surface area contributed by atoms with Gasteiger partial charge in [0.05, 0.1) is 10.7 Å². The molecule has 0 fully saturated rings. The van der Waals surface area contributed by atoms with Crippen LogP contribution in [-0.4, -0.2) is 12.7 Å². The zero-order chi connectivity index (χ0) is 18.0. The number of allylic oxidation sites excluding steroid dienone is 2. The van der Waals surface area contributed by atoms with E-state index in [2.05, 4.69) is 31.3 Å². The number of benzene rings is 2. The van der Waals surface area contributed by atoms with Gasteiger partial charge in [0.25, 0.3) is 0 Å². The smallest absolute Gasteiger partial charge is 0.144 e. The van der Waals surface area contributed by atoms with E-state index in [9.17, 15) is 8.78 Å². The quantitative estimate of drug-likeness (QED) is 0.564. The number of dihydropyridines is 1. The van der Waals surface area contributed by atoms with Crippen LogP contribution in [0.1, 0.15) is 23.6 Å². The van der Waals surface area contributed by atoms with E-state index in [1.807, 2.05) is 18.2 Å². The SMILES string of the molecule is CCPc1cc(C2=C(c3cc(Cl)c(F)cc3F)NCC=C2)ccc1C. The van der Waals surface area contributed by atoms with Gasteiger partial charge in [-0.25, -0.2) is 8.78 Å². The fourth-order valence-corrected chi connectivity index (χ4v) is 4.05. The Bertz CT molecular complexity index is 874. The van der Waals surface area contributed by atoms with Gasteiger partial charge in [-0.15, -0.1) is 0 Å². The molecule has 3 rings (SSSR count). The Morgan fingerprint density at radius 2 is 1.96 bits per heavy atom. The zero-order valence-corrected chi connectivity index (χ0v) is 15.8. The van der Waals surface area contributed by atoms with Gasteiger partial charge in [0.2, 0.25) is 0 Å². The fourth-order valence-electron chi connectivity index (χ4n) is 2.88. The number of halogens is 3. The molecule has 0 radical (unpaired) electrons. The van der Waals surface area contributed by atoms with Crippen LogP contribution in [0.15, 0.2) is 42.5 Å². The molecule has 0 bridgehead atoms. The topological polar surface area (TPSA) is 12.0 Å². The second kappa shape index (κ2) is 7.68. The largest absolute Gasteiger partial charge is 0.380 e. The first-order chi connectivity index (χ1) is 12.0. The van der Waals surface area contributed by atoms with Crippen LogP contribution < -0.4 is 10.6 Å². The number of aryl methyl sites for hydroxylation is 1. The average Bonchev–Trinajstić information content (AvgIpc) is 2.60. The van der Waals surface area contributed by atoms with Crippen LogP contribution in [0, 0.1) is 18.6 Å². The molecular formula is C20H19ClF2NP. The second-order valence-corrected chi connectivity index (χ2v) is 7.88. The van der Waals surface area contributed by atoms with Crippen molar-refractivity contribution >= 4 is 36.8 Å². The van der Waals surface area contributed by atoms with Crippen molar-refractivity contribution in [2.24, 2.45) is 0 Å². The normalized spacial score (nSPS) is 14.4. The highest BCUT2D eigenvalue weighted by molar-refractivity contribution is 7.47. The molecule has 0 amide bonds. The Hall–Kier alpha value is -1.70. The lowest BCUT2D eigenvalue weighted by Crippen LogP contribution is -2.18. The molecule has 0 saturated heterocycles. The van der Waals surface area contributed by atoms with E-state index in [1.54, 1.807) is 0 Å². The summed E-state index contributed by atoms with van der Waals surface area (Å²) in [5, 5.41) is 4.43. The number of hydrogen-bond acceptors (Lipinski definition) is 1. The molecule has 0 aliphatic carbocycles. The summed E-state index contributed by atoms with van der Waals surface area (Å²) < 4.78 is 27.9. The molecular weight excluding hydrogens is 359 g/mol. The molecule has 1 nitrogen and oxygen atoms in total. The van der Waals surface area contributed by atoms with Crippen LogP contribution in [0.3, 0.4) is 0 Å². The third-order valence-electron chi connectivity index (χ3n) is 4.15. The Labute approximate surface area is 153 Å². The van der Waals surface area contributed by atoms with E-state index < -0.39 is 11.6 Å². The van der Waals surface area contributed by atoms with E-state index in [4.69, 9.17) is 11.6 Å². The Morgan fingerprint density at radius 1 is 1.16 bits per heavy atom. The van der Waals surface area contributed by atoms with Crippen LogP contribution in [0.5, 0.6) is 0 Å². The van der Waals surface area contributed by atoms with Gasteiger partial charge in [0.15, 0.2) is 0 Å². The summed E-state index contributed by atoms with van der Waals surface area (Å²) in [6.07, 6.45) is 5.06. The molecule has 130 valence electrons. The molecule has 1 aliphatic heterocycles. The first kappa shape index (κ1) is 18.1. The predicted molar refractivity (Wildman–Crippen MR) is 105 cm³/mol. The van der Waals surface area contributed by atoms with Crippen LogP contribution in [-0.2, 0) is 0 Å². The van der Waals surface area contributed by atoms with Crippen molar-refractivity contribution in [2.75, 3.05) is 12.7 Å². The maximum atomic E-state index is 14.4. The molecule has 1 unspecified atom stereocenters. The summed E-state index contributed by atoms with van der Waals surface area (Å²) in [7, 11) is 0.737. The number of nitrogens with one attached hydrogen (secondary N) is 1. The molecule has 1 heterocycles. The minimum absolute atomic E-state index is 0.0864. The predicted octanol–water partition coefficient (Wildman–Crippen LogP) is 5.28. The summed E-state index contributed by atoms with van der Waals surface area (Å²) in [4.78, 5) is 0. The first-order valence-electron chi connectivity index (χ1n) is 8.15. The third kappa shape index (κ3) is 3.78. The minimum atomic E-state index is -0.752. The lowest BCUT2D eigenvalue weighted by atomic mass is 9.96. The van der Waals surface area contributed by atoms with E-state index in [0.717, 1.165) is 31.9 Å². The fraction of sp³-hybridized carbons (Fsp3) is 0.200. The van der Waals surface area contributed by atoms with Crippen molar-refractivity contribution in [1.29, 1.82) is 0 Å². The van der Waals surface area contributed by atoms with Crippen LogP contribution in [0.2, 0.25) is 5.02 Å². The molecule has 2 aromatic carbocycles. The molecule has 0 spiro atoms. The summed E-state index contributed by atoms with van der Waals surface area (Å²) >= 11 is 5.88. The van der Waals surface area contributed by atoms with Gasteiger partial charge < -0.3 is 5.32 Å². The van der Waals surface area contributed by atoms with Crippen molar-refractivity contribution in [3.8, 4) is 0 Å². The van der Waals surface area contributed by atoms with E-state index in [-0.39, 0.29) is 10.6 Å². The van der Waals surface area contributed by atoms with Crippen LogP contribution >= 0.6 is 20.2 Å². The summed E-state index contributed by atoms with van der Waals surface area (Å²) in [5.74, 6) is -1.38. The lowest BCUT2D eigenvalue weighted by Gasteiger charge is -2.20. The molecule has 1 aliphatic rings. The van der Waals surface area contributed by atoms with Gasteiger partial charge in [0.1, 0.15) is 11.6 Å². The van der Waals surface area contributed by atoms with Crippen molar-refractivity contribution in [3.63, 3.8) is 0 Å². The van der Waals surface area contributed by atoms with Gasteiger partial charge >= 0.3 is 0 Å². The maximum Gasteiger partial charge on any atom is 0.144 e.